The molecule has 0 fully saturated rings. The van der Waals surface area contributed by atoms with Gasteiger partial charge in [-0.2, -0.15) is 13.2 Å². The second kappa shape index (κ2) is 7.18. The van der Waals surface area contributed by atoms with Crippen LogP contribution in [-0.4, -0.2) is 32.0 Å². The lowest BCUT2D eigenvalue weighted by atomic mass is 9.63. The van der Waals surface area contributed by atoms with E-state index in [0.29, 0.717) is 5.82 Å². The smallest absolute Gasteiger partial charge is 0.419 e. The zero-order chi connectivity index (χ0) is 23.6. The van der Waals surface area contributed by atoms with Crippen molar-refractivity contribution in [2.45, 2.75) is 50.4 Å². The molecule has 0 radical (unpaired) electrons. The number of rotatable bonds is 2. The highest BCUT2D eigenvalue weighted by molar-refractivity contribution is 6.32. The molecule has 1 aliphatic rings. The normalized spacial score (nSPS) is 22.6. The molecule has 0 spiro atoms. The highest BCUT2D eigenvalue weighted by Crippen LogP contribution is 2.57. The van der Waals surface area contributed by atoms with Crippen molar-refractivity contribution < 1.29 is 27.8 Å². The number of phenolic OH excluding ortho intramolecular Hbond substituents is 1. The molecule has 4 rings (SSSR count). The summed E-state index contributed by atoms with van der Waals surface area (Å²) in [6.07, 6.45) is -4.42. The fourth-order valence-corrected chi connectivity index (χ4v) is 4.74. The van der Waals surface area contributed by atoms with Crippen LogP contribution in [-0.2, 0) is 5.41 Å². The van der Waals surface area contributed by atoms with Crippen molar-refractivity contribution in [2.24, 2.45) is 0 Å². The summed E-state index contributed by atoms with van der Waals surface area (Å²) in [6, 6.07) is 3.00. The van der Waals surface area contributed by atoms with E-state index in [0.717, 1.165) is 12.1 Å². The summed E-state index contributed by atoms with van der Waals surface area (Å²) < 4.78 is 57.1. The molecular weight excluding hydrogens is 450 g/mol. The SMILES string of the molecule is Cc1ncc2c(N[C@H]3c4ccc(Cl)c(O)c4C(C)(C)C[C@]3(O)C(F)(F)F)cc(F)cc2n1. The van der Waals surface area contributed by atoms with E-state index >= 15 is 0 Å². The van der Waals surface area contributed by atoms with Crippen LogP contribution in [0, 0.1) is 12.7 Å². The number of aromatic hydroxyl groups is 1. The van der Waals surface area contributed by atoms with Crippen LogP contribution in [0.25, 0.3) is 10.9 Å². The third kappa shape index (κ3) is 3.44. The number of aromatic nitrogens is 2. The highest BCUT2D eigenvalue weighted by atomic mass is 35.5. The number of benzene rings is 2. The van der Waals surface area contributed by atoms with Gasteiger partial charge in [-0.05, 0) is 36.5 Å². The van der Waals surface area contributed by atoms with Crippen molar-refractivity contribution in [2.75, 3.05) is 5.32 Å². The molecule has 0 amide bonds. The maximum Gasteiger partial charge on any atom is 0.419 e. The number of alkyl halides is 3. The minimum Gasteiger partial charge on any atom is -0.506 e. The zero-order valence-electron chi connectivity index (χ0n) is 17.3. The van der Waals surface area contributed by atoms with E-state index in [-0.39, 0.29) is 38.5 Å². The van der Waals surface area contributed by atoms with Gasteiger partial charge >= 0.3 is 6.18 Å². The monoisotopic (exact) mass is 469 g/mol. The van der Waals surface area contributed by atoms with Crippen LogP contribution in [0.4, 0.5) is 23.2 Å². The van der Waals surface area contributed by atoms with Crippen molar-refractivity contribution in [1.82, 2.24) is 9.97 Å². The molecule has 2 aromatic carbocycles. The molecule has 0 bridgehead atoms. The summed E-state index contributed by atoms with van der Waals surface area (Å²) in [7, 11) is 0. The van der Waals surface area contributed by atoms with E-state index in [4.69, 9.17) is 11.6 Å². The Labute approximate surface area is 186 Å². The Bertz CT molecular complexity index is 1230. The van der Waals surface area contributed by atoms with Gasteiger partial charge in [-0.1, -0.05) is 31.5 Å². The van der Waals surface area contributed by atoms with Gasteiger partial charge in [0.2, 0.25) is 0 Å². The molecule has 0 saturated carbocycles. The Morgan fingerprint density at radius 1 is 1.22 bits per heavy atom. The number of hydrogen-bond acceptors (Lipinski definition) is 5. The van der Waals surface area contributed by atoms with Gasteiger partial charge in [-0.3, -0.25) is 0 Å². The molecule has 32 heavy (non-hydrogen) atoms. The molecule has 10 heteroatoms. The summed E-state index contributed by atoms with van der Waals surface area (Å²) >= 11 is 6.03. The van der Waals surface area contributed by atoms with Gasteiger partial charge in [0.1, 0.15) is 17.4 Å². The van der Waals surface area contributed by atoms with Crippen LogP contribution in [0.1, 0.15) is 43.3 Å². The van der Waals surface area contributed by atoms with Gasteiger partial charge in [-0.15, -0.1) is 0 Å². The average molecular weight is 470 g/mol. The van der Waals surface area contributed by atoms with E-state index in [2.05, 4.69) is 15.3 Å². The van der Waals surface area contributed by atoms with Crippen LogP contribution in [0.3, 0.4) is 0 Å². The lowest BCUT2D eigenvalue weighted by molar-refractivity contribution is -0.275. The molecule has 1 aliphatic carbocycles. The maximum absolute atomic E-state index is 14.3. The minimum absolute atomic E-state index is 0.00779. The van der Waals surface area contributed by atoms with E-state index in [1.807, 2.05) is 0 Å². The van der Waals surface area contributed by atoms with Gasteiger partial charge < -0.3 is 15.5 Å². The second-order valence-electron chi connectivity index (χ2n) is 8.72. The molecule has 3 aromatic rings. The van der Waals surface area contributed by atoms with Crippen LogP contribution >= 0.6 is 11.6 Å². The fourth-order valence-electron chi connectivity index (χ4n) is 4.58. The number of halogens is 5. The molecule has 5 nitrogen and oxygen atoms in total. The lowest BCUT2D eigenvalue weighted by Crippen LogP contribution is -2.58. The van der Waals surface area contributed by atoms with Crippen molar-refractivity contribution in [3.8, 4) is 5.75 Å². The molecule has 170 valence electrons. The van der Waals surface area contributed by atoms with Crippen molar-refractivity contribution in [3.05, 3.63) is 58.3 Å². The van der Waals surface area contributed by atoms with Gasteiger partial charge in [0.25, 0.3) is 0 Å². The number of anilines is 1. The highest BCUT2D eigenvalue weighted by Gasteiger charge is 2.64. The van der Waals surface area contributed by atoms with E-state index in [1.165, 1.54) is 32.2 Å². The zero-order valence-corrected chi connectivity index (χ0v) is 18.1. The topological polar surface area (TPSA) is 78.3 Å². The quantitative estimate of drug-likeness (QED) is 0.428. The third-order valence-electron chi connectivity index (χ3n) is 5.91. The molecule has 3 N–H and O–H groups in total. The maximum atomic E-state index is 14.3. The first-order valence-corrected chi connectivity index (χ1v) is 10.1. The summed E-state index contributed by atoms with van der Waals surface area (Å²) in [5.41, 5.74) is -4.12. The van der Waals surface area contributed by atoms with E-state index < -0.39 is 35.5 Å². The van der Waals surface area contributed by atoms with E-state index in [9.17, 15) is 27.8 Å². The largest absolute Gasteiger partial charge is 0.506 e. The Morgan fingerprint density at radius 3 is 2.56 bits per heavy atom. The van der Waals surface area contributed by atoms with Crippen molar-refractivity contribution >= 4 is 28.2 Å². The standard InChI is InChI=1S/C22H20ClF4N3O2/c1-10-28-8-13-15(29-10)6-11(24)7-16(13)30-19-12-4-5-14(23)18(31)17(12)20(2,3)9-21(19,32)22(25,26)27/h4-8,19,30-32H,9H2,1-3H3/t19-,21+/m0/s1. The lowest BCUT2D eigenvalue weighted by Gasteiger charge is -2.49. The fraction of sp³-hybridized carbons (Fsp3) is 0.364. The number of phenols is 1. The third-order valence-corrected chi connectivity index (χ3v) is 6.22. The molecule has 1 heterocycles. The first-order chi connectivity index (χ1) is 14.7. The van der Waals surface area contributed by atoms with Crippen LogP contribution < -0.4 is 5.32 Å². The van der Waals surface area contributed by atoms with E-state index in [1.54, 1.807) is 6.92 Å². The summed E-state index contributed by atoms with van der Waals surface area (Å²) in [6.45, 7) is 4.58. The number of aryl methyl sites for hydroxylation is 1. The first-order valence-electron chi connectivity index (χ1n) is 9.75. The number of aliphatic hydroxyl groups is 1. The Morgan fingerprint density at radius 2 is 1.91 bits per heavy atom. The predicted octanol–water partition coefficient (Wildman–Crippen LogP) is 5.56. The van der Waals surface area contributed by atoms with Crippen molar-refractivity contribution in [3.63, 3.8) is 0 Å². The molecule has 2 atom stereocenters. The van der Waals surface area contributed by atoms with Gasteiger partial charge in [0.15, 0.2) is 5.60 Å². The summed E-state index contributed by atoms with van der Waals surface area (Å²) in [4.78, 5) is 8.19. The Balaban J connectivity index is 1.98. The minimum atomic E-state index is -5.04. The molecule has 0 saturated heterocycles. The number of nitrogens with one attached hydrogen (secondary N) is 1. The number of fused-ring (bicyclic) bond motifs is 2. The average Bonchev–Trinajstić information content (AvgIpc) is 2.65. The molecular formula is C22H20ClF4N3O2. The van der Waals surface area contributed by atoms with Crippen molar-refractivity contribution in [1.29, 1.82) is 0 Å². The number of nitrogens with zero attached hydrogens (tertiary/aromatic N) is 2. The van der Waals surface area contributed by atoms with Gasteiger partial charge in [-0.25, -0.2) is 14.4 Å². The summed E-state index contributed by atoms with van der Waals surface area (Å²) in [5.74, 6) is -0.706. The van der Waals surface area contributed by atoms with Crippen LogP contribution in [0.2, 0.25) is 5.02 Å². The molecule has 1 aromatic heterocycles. The van der Waals surface area contributed by atoms with Gasteiger partial charge in [0, 0.05) is 28.9 Å². The first kappa shape index (κ1) is 22.5. The molecule has 0 unspecified atom stereocenters. The predicted molar refractivity (Wildman–Crippen MR) is 112 cm³/mol. The number of hydrogen-bond donors (Lipinski definition) is 3. The van der Waals surface area contributed by atoms with Crippen LogP contribution in [0.15, 0.2) is 30.5 Å². The van der Waals surface area contributed by atoms with Gasteiger partial charge in [0.05, 0.1) is 16.6 Å². The second-order valence-corrected chi connectivity index (χ2v) is 9.13. The Hall–Kier alpha value is -2.65. The van der Waals surface area contributed by atoms with Crippen LogP contribution in [0.5, 0.6) is 5.75 Å². The Kier molecular flexibility index (Phi) is 5.06. The summed E-state index contributed by atoms with van der Waals surface area (Å²) in [5, 5.41) is 24.6. The molecule has 0 aliphatic heterocycles.